The standard InChI is InChI=1S/C30H40ClNO4S.C25H27NO5S2/c1-29(2,3)37(35,36)21-23-4-8-24(9-5-23)28(33)20-22-6-14-27(15-7-22)32-18-16-30(34,17-19-32)25-10-12-26(31)13-11-25;1-25(2,3)32(28,29)18-20-9-13-21(14-10-20)24(27)17-19-11-15-22(16-12-19)26-33(30,31)23-7-5-4-6-8-23/h6-7,10-15,23-24,34H,4-5,8-9,16-21H2,1-3H3;4-16,26H,17-18H2,1-3H3. The average molecular weight is 1030 g/mol. The van der Waals surface area contributed by atoms with E-state index in [2.05, 4.69) is 21.8 Å². The Morgan fingerprint density at radius 2 is 1.16 bits per heavy atom. The lowest BCUT2D eigenvalue weighted by atomic mass is 9.79. The van der Waals surface area contributed by atoms with Crippen LogP contribution in [0.15, 0.2) is 132 Å². The highest BCUT2D eigenvalue weighted by Gasteiger charge is 2.36. The molecule has 5 aromatic rings. The number of hydrogen-bond acceptors (Lipinski definition) is 10. The van der Waals surface area contributed by atoms with Gasteiger partial charge in [0.25, 0.3) is 10.0 Å². The van der Waals surface area contributed by atoms with Gasteiger partial charge in [0, 0.05) is 53.8 Å². The second-order valence-electron chi connectivity index (χ2n) is 20.7. The first kappa shape index (κ1) is 54.5. The van der Waals surface area contributed by atoms with E-state index in [1.54, 1.807) is 108 Å². The van der Waals surface area contributed by atoms with Crippen LogP contribution in [0.5, 0.6) is 0 Å². The van der Waals surface area contributed by atoms with E-state index < -0.39 is 44.8 Å². The molecule has 2 fully saturated rings. The van der Waals surface area contributed by atoms with E-state index in [9.17, 15) is 39.9 Å². The SMILES string of the molecule is CC(C)(C)S(=O)(=O)CC1CCC(C(=O)Cc2ccc(N3CCC(O)(c4ccc(Cl)cc4)CC3)cc2)CC1.CC(C)(C)S(=O)(=O)Cc1ccc(C(=O)Cc2ccc(NS(=O)(=O)c3ccccc3)cc2)cc1. The molecule has 0 aromatic heterocycles. The summed E-state index contributed by atoms with van der Waals surface area (Å²) >= 11 is 6.00. The maximum absolute atomic E-state index is 13.0. The van der Waals surface area contributed by atoms with Crippen LogP contribution in [-0.2, 0) is 58.7 Å². The zero-order chi connectivity index (χ0) is 51.1. The monoisotopic (exact) mass is 1030 g/mol. The van der Waals surface area contributed by atoms with Gasteiger partial charge in [-0.3, -0.25) is 14.3 Å². The molecule has 1 aliphatic heterocycles. The van der Waals surface area contributed by atoms with Crippen LogP contribution in [0.25, 0.3) is 0 Å². The summed E-state index contributed by atoms with van der Waals surface area (Å²) in [4.78, 5) is 28.1. The quantitative estimate of drug-likeness (QED) is 0.0962. The fourth-order valence-corrected chi connectivity index (χ4v) is 12.3. The molecule has 7 rings (SSSR count). The molecule has 11 nitrogen and oxygen atoms in total. The largest absolute Gasteiger partial charge is 0.385 e. The van der Waals surface area contributed by atoms with Gasteiger partial charge in [0.05, 0.1) is 31.5 Å². The van der Waals surface area contributed by atoms with Crippen LogP contribution < -0.4 is 9.62 Å². The topological polar surface area (TPSA) is 172 Å². The molecular weight excluding hydrogens is 964 g/mol. The van der Waals surface area contributed by atoms with Crippen LogP contribution in [0.4, 0.5) is 11.4 Å². The van der Waals surface area contributed by atoms with Crippen molar-refractivity contribution in [3.8, 4) is 0 Å². The molecule has 1 saturated carbocycles. The van der Waals surface area contributed by atoms with E-state index in [4.69, 9.17) is 11.6 Å². The van der Waals surface area contributed by atoms with E-state index >= 15 is 0 Å². The molecule has 376 valence electrons. The Hall–Kier alpha value is -4.86. The zero-order valence-electron chi connectivity index (χ0n) is 41.0. The molecule has 0 unspecified atom stereocenters. The zero-order valence-corrected chi connectivity index (χ0v) is 44.2. The summed E-state index contributed by atoms with van der Waals surface area (Å²) in [5.41, 5.74) is 4.47. The summed E-state index contributed by atoms with van der Waals surface area (Å²) in [6.07, 6.45) is 5.04. The third kappa shape index (κ3) is 14.4. The van der Waals surface area contributed by atoms with Crippen LogP contribution in [-0.4, -0.2) is 70.3 Å². The lowest BCUT2D eigenvalue weighted by molar-refractivity contribution is -0.123. The van der Waals surface area contributed by atoms with Gasteiger partial charge >= 0.3 is 0 Å². The minimum atomic E-state index is -3.68. The van der Waals surface area contributed by atoms with Gasteiger partial charge in [-0.15, -0.1) is 0 Å². The second-order valence-corrected chi connectivity index (χ2v) is 28.4. The lowest BCUT2D eigenvalue weighted by Crippen LogP contribution is -2.42. The number of carbonyl (C=O) groups excluding carboxylic acids is 2. The Balaban J connectivity index is 0.000000231. The first-order chi connectivity index (χ1) is 32.7. The Kier molecular flexibility index (Phi) is 17.3. The van der Waals surface area contributed by atoms with Crippen molar-refractivity contribution in [2.75, 3.05) is 28.5 Å². The summed E-state index contributed by atoms with van der Waals surface area (Å²) in [5, 5.41) is 11.8. The average Bonchev–Trinajstić information content (AvgIpc) is 3.30. The lowest BCUT2D eigenvalue weighted by Gasteiger charge is -2.39. The van der Waals surface area contributed by atoms with Gasteiger partial charge in [0.2, 0.25) is 0 Å². The number of halogens is 1. The van der Waals surface area contributed by atoms with Crippen LogP contribution in [0.2, 0.25) is 5.02 Å². The number of nitrogens with one attached hydrogen (secondary N) is 1. The maximum Gasteiger partial charge on any atom is 0.261 e. The van der Waals surface area contributed by atoms with Crippen molar-refractivity contribution >= 4 is 64.2 Å². The molecular formula is C55H67ClN2O9S3. The molecule has 0 spiro atoms. The molecule has 0 amide bonds. The van der Waals surface area contributed by atoms with Crippen molar-refractivity contribution in [2.24, 2.45) is 11.8 Å². The molecule has 5 aromatic carbocycles. The fraction of sp³-hybridized carbons (Fsp3) is 0.418. The van der Waals surface area contributed by atoms with Gasteiger partial charge in [-0.2, -0.15) is 0 Å². The third-order valence-electron chi connectivity index (χ3n) is 13.5. The van der Waals surface area contributed by atoms with Crippen molar-refractivity contribution in [1.29, 1.82) is 0 Å². The van der Waals surface area contributed by atoms with Crippen molar-refractivity contribution in [3.63, 3.8) is 0 Å². The van der Waals surface area contributed by atoms with Crippen molar-refractivity contribution < 1.29 is 39.9 Å². The minimum Gasteiger partial charge on any atom is -0.385 e. The highest BCUT2D eigenvalue weighted by atomic mass is 35.5. The third-order valence-corrected chi connectivity index (χ3v) is 20.5. The Morgan fingerprint density at radius 1 is 0.643 bits per heavy atom. The number of benzene rings is 5. The summed E-state index contributed by atoms with van der Waals surface area (Å²) in [5.74, 6) is 0.488. The first-order valence-electron chi connectivity index (χ1n) is 23.8. The number of nitrogens with zero attached hydrogens (tertiary/aromatic N) is 1. The minimum absolute atomic E-state index is 0.0286. The van der Waals surface area contributed by atoms with Crippen LogP contribution in [0.1, 0.15) is 113 Å². The molecule has 1 aliphatic carbocycles. The Morgan fingerprint density at radius 3 is 1.70 bits per heavy atom. The van der Waals surface area contributed by atoms with E-state index in [1.807, 2.05) is 36.4 Å². The smallest absolute Gasteiger partial charge is 0.261 e. The Bertz CT molecular complexity index is 2900. The maximum atomic E-state index is 13.0. The number of Topliss-reactive ketones (excluding diaryl/α,β-unsaturated/α-hetero) is 2. The van der Waals surface area contributed by atoms with E-state index in [0.29, 0.717) is 41.1 Å². The molecule has 2 N–H and O–H groups in total. The normalized spacial score (nSPS) is 17.7. The van der Waals surface area contributed by atoms with E-state index in [1.165, 1.54) is 12.1 Å². The predicted octanol–water partition coefficient (Wildman–Crippen LogP) is 10.6. The number of ketones is 2. The second kappa shape index (κ2) is 22.3. The Labute approximate surface area is 421 Å². The molecule has 1 saturated heterocycles. The van der Waals surface area contributed by atoms with Gasteiger partial charge in [0.1, 0.15) is 5.78 Å². The first-order valence-corrected chi connectivity index (χ1v) is 29.0. The fourth-order valence-electron chi connectivity index (χ4n) is 8.58. The summed E-state index contributed by atoms with van der Waals surface area (Å²) in [7, 11) is -10.1. The molecule has 0 radical (unpaired) electrons. The summed E-state index contributed by atoms with van der Waals surface area (Å²) in [6, 6.07) is 37.0. The molecule has 1 heterocycles. The number of hydrogen-bond donors (Lipinski definition) is 2. The molecule has 0 atom stereocenters. The molecule has 0 bridgehead atoms. The van der Waals surface area contributed by atoms with Crippen LogP contribution in [0, 0.1) is 11.8 Å². The van der Waals surface area contributed by atoms with Crippen molar-refractivity contribution in [2.45, 2.75) is 119 Å². The number of anilines is 2. The van der Waals surface area contributed by atoms with Crippen molar-refractivity contribution in [3.05, 3.63) is 160 Å². The number of sulfone groups is 2. The van der Waals surface area contributed by atoms with Gasteiger partial charge in [-0.25, -0.2) is 25.3 Å². The van der Waals surface area contributed by atoms with Crippen LogP contribution in [0.3, 0.4) is 0 Å². The molecule has 2 aliphatic rings. The van der Waals surface area contributed by atoms with Gasteiger partial charge in [0.15, 0.2) is 25.5 Å². The van der Waals surface area contributed by atoms with Gasteiger partial charge < -0.3 is 10.0 Å². The van der Waals surface area contributed by atoms with Gasteiger partial charge in [-0.1, -0.05) is 90.5 Å². The predicted molar refractivity (Wildman–Crippen MR) is 281 cm³/mol. The summed E-state index contributed by atoms with van der Waals surface area (Å²) in [6.45, 7) is 11.8. The number of sulfonamides is 1. The highest BCUT2D eigenvalue weighted by molar-refractivity contribution is 7.93. The number of carbonyl (C=O) groups is 2. The van der Waals surface area contributed by atoms with Crippen molar-refractivity contribution in [1.82, 2.24) is 0 Å². The van der Waals surface area contributed by atoms with E-state index in [-0.39, 0.29) is 46.2 Å². The number of piperidine rings is 1. The highest BCUT2D eigenvalue weighted by Crippen LogP contribution is 2.36. The molecule has 70 heavy (non-hydrogen) atoms. The molecule has 15 heteroatoms. The van der Waals surface area contributed by atoms with E-state index in [0.717, 1.165) is 61.2 Å². The van der Waals surface area contributed by atoms with Gasteiger partial charge in [-0.05, 0) is 157 Å². The number of rotatable bonds is 15. The summed E-state index contributed by atoms with van der Waals surface area (Å²) < 4.78 is 75.6. The van der Waals surface area contributed by atoms with Crippen LogP contribution >= 0.6 is 11.6 Å². The number of aliphatic hydroxyl groups is 1.